The molecule has 0 aliphatic rings. The predicted octanol–water partition coefficient (Wildman–Crippen LogP) is 4.02. The van der Waals surface area contributed by atoms with Crippen molar-refractivity contribution in [2.45, 2.75) is 4.90 Å². The van der Waals surface area contributed by atoms with Gasteiger partial charge in [-0.2, -0.15) is 5.10 Å². The van der Waals surface area contributed by atoms with Crippen LogP contribution in [0, 0.1) is 0 Å². The SMILES string of the molecule is O=C(N/N=C\c1ccc(OCCSc2ccccc2)cc1)c1ccncc1. The van der Waals surface area contributed by atoms with Crippen molar-refractivity contribution in [2.75, 3.05) is 12.4 Å². The van der Waals surface area contributed by atoms with Crippen LogP contribution in [0.1, 0.15) is 15.9 Å². The molecule has 2 aromatic carbocycles. The van der Waals surface area contributed by atoms with E-state index < -0.39 is 0 Å². The lowest BCUT2D eigenvalue weighted by atomic mass is 10.2. The molecule has 0 atom stereocenters. The number of hydrogen-bond acceptors (Lipinski definition) is 5. The molecule has 1 aromatic heterocycles. The van der Waals surface area contributed by atoms with Crippen molar-refractivity contribution in [1.29, 1.82) is 0 Å². The molecule has 1 heterocycles. The highest BCUT2D eigenvalue weighted by Crippen LogP contribution is 2.17. The van der Waals surface area contributed by atoms with E-state index in [-0.39, 0.29) is 5.91 Å². The summed E-state index contributed by atoms with van der Waals surface area (Å²) in [7, 11) is 0. The molecule has 27 heavy (non-hydrogen) atoms. The van der Waals surface area contributed by atoms with Gasteiger partial charge in [0.05, 0.1) is 12.8 Å². The van der Waals surface area contributed by atoms with Crippen LogP contribution in [0.25, 0.3) is 0 Å². The Bertz CT molecular complexity index is 869. The normalized spacial score (nSPS) is 10.7. The van der Waals surface area contributed by atoms with Gasteiger partial charge in [-0.3, -0.25) is 9.78 Å². The van der Waals surface area contributed by atoms with E-state index in [0.717, 1.165) is 17.1 Å². The number of hydrazone groups is 1. The van der Waals surface area contributed by atoms with Crippen molar-refractivity contribution in [3.63, 3.8) is 0 Å². The largest absolute Gasteiger partial charge is 0.493 e. The molecule has 5 nitrogen and oxygen atoms in total. The molecule has 0 spiro atoms. The highest BCUT2D eigenvalue weighted by Gasteiger charge is 2.02. The van der Waals surface area contributed by atoms with Crippen LogP contribution in [-0.4, -0.2) is 29.5 Å². The molecule has 0 fully saturated rings. The number of hydrogen-bond donors (Lipinski definition) is 1. The molecule has 0 aliphatic carbocycles. The van der Waals surface area contributed by atoms with Gasteiger partial charge in [0.15, 0.2) is 0 Å². The molecule has 0 aliphatic heterocycles. The fourth-order valence-corrected chi connectivity index (χ4v) is 2.97. The maximum atomic E-state index is 11.9. The molecule has 0 bridgehead atoms. The Labute approximate surface area is 162 Å². The standard InChI is InChI=1S/C21H19N3O2S/c25-21(18-10-12-22-13-11-18)24-23-16-17-6-8-19(9-7-17)26-14-15-27-20-4-2-1-3-5-20/h1-13,16H,14-15H2,(H,24,25)/b23-16-. The lowest BCUT2D eigenvalue weighted by Crippen LogP contribution is -2.17. The quantitative estimate of drug-likeness (QED) is 0.279. The summed E-state index contributed by atoms with van der Waals surface area (Å²) < 4.78 is 5.74. The van der Waals surface area contributed by atoms with Gasteiger partial charge in [0.1, 0.15) is 5.75 Å². The Morgan fingerprint density at radius 1 is 1.04 bits per heavy atom. The van der Waals surface area contributed by atoms with E-state index in [1.54, 1.807) is 42.5 Å². The number of pyridine rings is 1. The first-order valence-corrected chi connectivity index (χ1v) is 9.44. The van der Waals surface area contributed by atoms with E-state index in [9.17, 15) is 4.79 Å². The number of rotatable bonds is 8. The third kappa shape index (κ3) is 6.27. The van der Waals surface area contributed by atoms with Crippen molar-refractivity contribution in [2.24, 2.45) is 5.10 Å². The first kappa shape index (κ1) is 18.7. The Balaban J connectivity index is 1.41. The molecular weight excluding hydrogens is 358 g/mol. The van der Waals surface area contributed by atoms with Crippen molar-refractivity contribution in [1.82, 2.24) is 10.4 Å². The molecule has 3 rings (SSSR count). The van der Waals surface area contributed by atoms with Crippen LogP contribution >= 0.6 is 11.8 Å². The Kier molecular flexibility index (Phi) is 7.00. The average molecular weight is 377 g/mol. The minimum absolute atomic E-state index is 0.274. The maximum Gasteiger partial charge on any atom is 0.271 e. The monoisotopic (exact) mass is 377 g/mol. The van der Waals surface area contributed by atoms with Crippen LogP contribution in [0.5, 0.6) is 5.75 Å². The molecule has 0 unspecified atom stereocenters. The fourth-order valence-electron chi connectivity index (χ4n) is 2.22. The minimum atomic E-state index is -0.274. The van der Waals surface area contributed by atoms with E-state index in [4.69, 9.17) is 4.74 Å². The number of carbonyl (C=O) groups excluding carboxylic acids is 1. The van der Waals surface area contributed by atoms with Crippen LogP contribution in [0.2, 0.25) is 0 Å². The lowest BCUT2D eigenvalue weighted by molar-refractivity contribution is 0.0955. The molecule has 136 valence electrons. The number of amides is 1. The van der Waals surface area contributed by atoms with Gasteiger partial charge >= 0.3 is 0 Å². The molecule has 1 amide bonds. The zero-order valence-corrected chi connectivity index (χ0v) is 15.4. The van der Waals surface area contributed by atoms with Crippen LogP contribution < -0.4 is 10.2 Å². The van der Waals surface area contributed by atoms with Crippen LogP contribution in [0.15, 0.2) is 89.1 Å². The molecule has 0 saturated carbocycles. The summed E-state index contributed by atoms with van der Waals surface area (Å²) in [6, 6.07) is 21.1. The van der Waals surface area contributed by atoms with Gasteiger partial charge in [-0.1, -0.05) is 18.2 Å². The second kappa shape index (κ2) is 10.1. The molecule has 3 aromatic rings. The maximum absolute atomic E-state index is 11.9. The summed E-state index contributed by atoms with van der Waals surface area (Å²) >= 11 is 1.76. The van der Waals surface area contributed by atoms with E-state index in [1.807, 2.05) is 42.5 Å². The van der Waals surface area contributed by atoms with Crippen LogP contribution in [-0.2, 0) is 0 Å². The van der Waals surface area contributed by atoms with Crippen LogP contribution in [0.3, 0.4) is 0 Å². The van der Waals surface area contributed by atoms with E-state index in [0.29, 0.717) is 12.2 Å². The molecule has 0 saturated heterocycles. The Morgan fingerprint density at radius 3 is 2.52 bits per heavy atom. The van der Waals surface area contributed by atoms with Gasteiger partial charge in [-0.15, -0.1) is 11.8 Å². The number of carbonyl (C=O) groups is 1. The number of nitrogens with one attached hydrogen (secondary N) is 1. The topological polar surface area (TPSA) is 63.6 Å². The number of nitrogens with zero attached hydrogens (tertiary/aromatic N) is 2. The smallest absolute Gasteiger partial charge is 0.271 e. The molecular formula is C21H19N3O2S. The summed E-state index contributed by atoms with van der Waals surface area (Å²) in [4.78, 5) is 17.0. The zero-order valence-electron chi connectivity index (χ0n) is 14.6. The second-order valence-electron chi connectivity index (χ2n) is 5.51. The lowest BCUT2D eigenvalue weighted by Gasteiger charge is -2.06. The number of benzene rings is 2. The Hall–Kier alpha value is -3.12. The summed E-state index contributed by atoms with van der Waals surface area (Å²) in [5.41, 5.74) is 3.87. The van der Waals surface area contributed by atoms with Gasteiger partial charge in [-0.05, 0) is 54.1 Å². The average Bonchev–Trinajstić information content (AvgIpc) is 2.73. The summed E-state index contributed by atoms with van der Waals surface area (Å²) in [6.45, 7) is 0.634. The Morgan fingerprint density at radius 2 is 1.78 bits per heavy atom. The molecule has 6 heteroatoms. The first-order chi connectivity index (χ1) is 13.3. The second-order valence-corrected chi connectivity index (χ2v) is 6.68. The van der Waals surface area contributed by atoms with E-state index in [2.05, 4.69) is 27.6 Å². The number of ether oxygens (including phenoxy) is 1. The number of thioether (sulfide) groups is 1. The number of aromatic nitrogens is 1. The minimum Gasteiger partial charge on any atom is -0.493 e. The fraction of sp³-hybridized carbons (Fsp3) is 0.0952. The van der Waals surface area contributed by atoms with Gasteiger partial charge in [0.2, 0.25) is 0 Å². The van der Waals surface area contributed by atoms with E-state index in [1.165, 1.54) is 4.90 Å². The zero-order chi connectivity index (χ0) is 18.7. The summed E-state index contributed by atoms with van der Waals surface area (Å²) in [5.74, 6) is 1.42. The van der Waals surface area contributed by atoms with Gasteiger partial charge in [0.25, 0.3) is 5.91 Å². The van der Waals surface area contributed by atoms with Crippen molar-refractivity contribution in [3.8, 4) is 5.75 Å². The highest BCUT2D eigenvalue weighted by atomic mass is 32.2. The molecule has 1 N–H and O–H groups in total. The molecule has 0 radical (unpaired) electrons. The summed E-state index contributed by atoms with van der Waals surface area (Å²) in [5, 5.41) is 3.97. The van der Waals surface area contributed by atoms with Crippen molar-refractivity contribution < 1.29 is 9.53 Å². The third-order valence-electron chi connectivity index (χ3n) is 3.57. The van der Waals surface area contributed by atoms with Gasteiger partial charge in [-0.25, -0.2) is 5.43 Å². The summed E-state index contributed by atoms with van der Waals surface area (Å²) in [6.07, 6.45) is 4.72. The van der Waals surface area contributed by atoms with Crippen LogP contribution in [0.4, 0.5) is 0 Å². The predicted molar refractivity (Wildman–Crippen MR) is 108 cm³/mol. The first-order valence-electron chi connectivity index (χ1n) is 8.45. The van der Waals surface area contributed by atoms with Crippen molar-refractivity contribution in [3.05, 3.63) is 90.3 Å². The van der Waals surface area contributed by atoms with Crippen molar-refractivity contribution >= 4 is 23.9 Å². The highest BCUT2D eigenvalue weighted by molar-refractivity contribution is 7.99. The van der Waals surface area contributed by atoms with E-state index >= 15 is 0 Å². The van der Waals surface area contributed by atoms with Gasteiger partial charge in [0, 0.05) is 28.6 Å². The van der Waals surface area contributed by atoms with Gasteiger partial charge < -0.3 is 4.74 Å². The third-order valence-corrected chi connectivity index (χ3v) is 4.54.